The van der Waals surface area contributed by atoms with Gasteiger partial charge in [0.25, 0.3) is 0 Å². The minimum Gasteiger partial charge on any atom is -0.399 e. The van der Waals surface area contributed by atoms with Crippen molar-refractivity contribution < 1.29 is 14.6 Å². The van der Waals surface area contributed by atoms with Crippen molar-refractivity contribution >= 4 is 11.7 Å². The lowest BCUT2D eigenvalue weighted by Crippen LogP contribution is -2.03. The molecule has 0 aliphatic heterocycles. The summed E-state index contributed by atoms with van der Waals surface area (Å²) in [5.74, 6) is -0.530. The molecule has 0 saturated carbocycles. The first-order chi connectivity index (χ1) is 5.74. The summed E-state index contributed by atoms with van der Waals surface area (Å²) in [5, 5.41) is 0. The van der Waals surface area contributed by atoms with Gasteiger partial charge >= 0.3 is 5.97 Å². The van der Waals surface area contributed by atoms with Crippen LogP contribution in [0.15, 0.2) is 24.3 Å². The number of benzene rings is 1. The molecule has 1 rings (SSSR count). The molecule has 12 heavy (non-hydrogen) atoms. The van der Waals surface area contributed by atoms with E-state index in [1.165, 1.54) is 7.11 Å². The number of anilines is 1. The second kappa shape index (κ2) is 3.73. The summed E-state index contributed by atoms with van der Waals surface area (Å²) in [4.78, 5) is 19.5. The molecule has 2 N–H and O–H groups in total. The Morgan fingerprint density at radius 2 is 1.92 bits per heavy atom. The molecule has 64 valence electrons. The van der Waals surface area contributed by atoms with Crippen molar-refractivity contribution in [2.45, 2.75) is 0 Å². The van der Waals surface area contributed by atoms with Crippen LogP contribution in [0.1, 0.15) is 10.4 Å². The molecular formula is C8H9NO3. The molecular weight excluding hydrogens is 158 g/mol. The summed E-state index contributed by atoms with van der Waals surface area (Å²) in [7, 11) is 1.27. The SMILES string of the molecule is COOC(=O)c1ccc(N)cc1. The molecule has 0 aliphatic carbocycles. The predicted molar refractivity (Wildman–Crippen MR) is 43.3 cm³/mol. The van der Waals surface area contributed by atoms with E-state index >= 15 is 0 Å². The molecule has 0 spiro atoms. The zero-order chi connectivity index (χ0) is 8.97. The summed E-state index contributed by atoms with van der Waals surface area (Å²) in [6, 6.07) is 6.37. The van der Waals surface area contributed by atoms with Gasteiger partial charge in [0.15, 0.2) is 0 Å². The van der Waals surface area contributed by atoms with E-state index in [2.05, 4.69) is 9.78 Å². The molecule has 4 nitrogen and oxygen atoms in total. The van der Waals surface area contributed by atoms with E-state index in [-0.39, 0.29) is 0 Å². The third-order valence-electron chi connectivity index (χ3n) is 1.31. The first-order valence-electron chi connectivity index (χ1n) is 3.34. The van der Waals surface area contributed by atoms with Crippen LogP contribution in [0.4, 0.5) is 5.69 Å². The Morgan fingerprint density at radius 1 is 1.33 bits per heavy atom. The van der Waals surface area contributed by atoms with Crippen LogP contribution in [0.3, 0.4) is 0 Å². The van der Waals surface area contributed by atoms with E-state index in [1.807, 2.05) is 0 Å². The van der Waals surface area contributed by atoms with Crippen molar-refractivity contribution in [1.29, 1.82) is 0 Å². The largest absolute Gasteiger partial charge is 0.399 e. The molecule has 0 atom stereocenters. The highest BCUT2D eigenvalue weighted by Crippen LogP contribution is 2.06. The molecule has 0 bridgehead atoms. The second-order valence-electron chi connectivity index (χ2n) is 2.16. The number of hydrogen-bond acceptors (Lipinski definition) is 4. The van der Waals surface area contributed by atoms with Crippen LogP contribution in [0.2, 0.25) is 0 Å². The van der Waals surface area contributed by atoms with E-state index in [4.69, 9.17) is 5.73 Å². The lowest BCUT2D eigenvalue weighted by Gasteiger charge is -1.99. The first-order valence-corrected chi connectivity index (χ1v) is 3.34. The van der Waals surface area contributed by atoms with Crippen LogP contribution in [-0.4, -0.2) is 13.1 Å². The molecule has 1 aromatic rings. The van der Waals surface area contributed by atoms with E-state index in [1.54, 1.807) is 24.3 Å². The van der Waals surface area contributed by atoms with Gasteiger partial charge in [-0.15, -0.1) is 0 Å². The van der Waals surface area contributed by atoms with Gasteiger partial charge in [-0.3, -0.25) is 4.89 Å². The average Bonchev–Trinajstić information content (AvgIpc) is 2.06. The van der Waals surface area contributed by atoms with Crippen molar-refractivity contribution in [2.75, 3.05) is 12.8 Å². The van der Waals surface area contributed by atoms with Gasteiger partial charge in [0.1, 0.15) is 0 Å². The Balaban J connectivity index is 2.75. The van der Waals surface area contributed by atoms with Gasteiger partial charge in [-0.1, -0.05) is 0 Å². The number of nitrogen functional groups attached to an aromatic ring is 1. The maximum absolute atomic E-state index is 11.0. The van der Waals surface area contributed by atoms with Crippen LogP contribution < -0.4 is 5.73 Å². The standard InChI is InChI=1S/C8H9NO3/c1-11-12-8(10)6-2-4-7(9)5-3-6/h2-5H,9H2,1H3. The van der Waals surface area contributed by atoms with Crippen molar-refractivity contribution in [1.82, 2.24) is 0 Å². The van der Waals surface area contributed by atoms with Crippen molar-refractivity contribution in [3.63, 3.8) is 0 Å². The molecule has 0 unspecified atom stereocenters. The third kappa shape index (κ3) is 1.96. The summed E-state index contributed by atoms with van der Waals surface area (Å²) in [6.07, 6.45) is 0. The zero-order valence-electron chi connectivity index (χ0n) is 6.61. The third-order valence-corrected chi connectivity index (χ3v) is 1.31. The monoisotopic (exact) mass is 167 g/mol. The van der Waals surface area contributed by atoms with Crippen molar-refractivity contribution in [3.8, 4) is 0 Å². The van der Waals surface area contributed by atoms with Crippen LogP contribution in [0.25, 0.3) is 0 Å². The van der Waals surface area contributed by atoms with Crippen LogP contribution in [-0.2, 0) is 9.78 Å². The Labute approximate surface area is 69.8 Å². The summed E-state index contributed by atoms with van der Waals surface area (Å²) < 4.78 is 0. The maximum atomic E-state index is 11.0. The molecule has 0 radical (unpaired) electrons. The summed E-state index contributed by atoms with van der Waals surface area (Å²) >= 11 is 0. The normalized spacial score (nSPS) is 9.42. The highest BCUT2D eigenvalue weighted by atomic mass is 17.2. The molecule has 1 aromatic carbocycles. The Hall–Kier alpha value is -1.55. The topological polar surface area (TPSA) is 61.5 Å². The van der Waals surface area contributed by atoms with E-state index in [0.717, 1.165) is 0 Å². The number of nitrogens with two attached hydrogens (primary N) is 1. The van der Waals surface area contributed by atoms with E-state index in [9.17, 15) is 4.79 Å². The van der Waals surface area contributed by atoms with Gasteiger partial charge in [0.05, 0.1) is 12.7 Å². The van der Waals surface area contributed by atoms with Gasteiger partial charge < -0.3 is 5.73 Å². The van der Waals surface area contributed by atoms with E-state index in [0.29, 0.717) is 11.3 Å². The number of rotatable bonds is 2. The van der Waals surface area contributed by atoms with Crippen LogP contribution in [0.5, 0.6) is 0 Å². The second-order valence-corrected chi connectivity index (χ2v) is 2.16. The maximum Gasteiger partial charge on any atom is 0.373 e. The zero-order valence-corrected chi connectivity index (χ0v) is 6.61. The van der Waals surface area contributed by atoms with Crippen LogP contribution in [0, 0.1) is 0 Å². The number of hydrogen-bond donors (Lipinski definition) is 1. The molecule has 4 heteroatoms. The van der Waals surface area contributed by atoms with E-state index < -0.39 is 5.97 Å². The smallest absolute Gasteiger partial charge is 0.373 e. The summed E-state index contributed by atoms with van der Waals surface area (Å²) in [6.45, 7) is 0. The molecule has 0 aliphatic rings. The summed E-state index contributed by atoms with van der Waals surface area (Å²) in [5.41, 5.74) is 6.43. The molecule has 0 aromatic heterocycles. The Kier molecular flexibility index (Phi) is 2.66. The Morgan fingerprint density at radius 3 is 2.42 bits per heavy atom. The fourth-order valence-electron chi connectivity index (χ4n) is 0.743. The lowest BCUT2D eigenvalue weighted by atomic mass is 10.2. The first kappa shape index (κ1) is 8.55. The molecule has 0 saturated heterocycles. The molecule has 0 amide bonds. The Bertz CT molecular complexity index is 268. The molecule has 0 fully saturated rings. The number of carbonyl (C=O) groups excluding carboxylic acids is 1. The fraction of sp³-hybridized carbons (Fsp3) is 0.125. The highest BCUT2D eigenvalue weighted by Gasteiger charge is 2.05. The highest BCUT2D eigenvalue weighted by molar-refractivity contribution is 5.89. The molecule has 0 heterocycles. The predicted octanol–water partition coefficient (Wildman–Crippen LogP) is 0.987. The lowest BCUT2D eigenvalue weighted by molar-refractivity contribution is -0.216. The van der Waals surface area contributed by atoms with Crippen LogP contribution >= 0.6 is 0 Å². The average molecular weight is 167 g/mol. The van der Waals surface area contributed by atoms with Gasteiger partial charge in [-0.05, 0) is 24.3 Å². The van der Waals surface area contributed by atoms with Gasteiger partial charge in [-0.2, -0.15) is 4.89 Å². The van der Waals surface area contributed by atoms with Crippen molar-refractivity contribution in [2.24, 2.45) is 0 Å². The number of carbonyl (C=O) groups is 1. The van der Waals surface area contributed by atoms with Gasteiger partial charge in [-0.25, -0.2) is 4.79 Å². The van der Waals surface area contributed by atoms with Gasteiger partial charge in [0, 0.05) is 5.69 Å². The fourth-order valence-corrected chi connectivity index (χ4v) is 0.743. The van der Waals surface area contributed by atoms with Gasteiger partial charge in [0.2, 0.25) is 0 Å². The van der Waals surface area contributed by atoms with Crippen molar-refractivity contribution in [3.05, 3.63) is 29.8 Å². The quantitative estimate of drug-likeness (QED) is 0.405. The minimum atomic E-state index is -0.530. The minimum absolute atomic E-state index is 0.408.